The summed E-state index contributed by atoms with van der Waals surface area (Å²) in [5.74, 6) is 0.252. The summed E-state index contributed by atoms with van der Waals surface area (Å²) < 4.78 is 40.4. The normalized spacial score (nSPS) is 13.7. The first-order valence-electron chi connectivity index (χ1n) is 10.6. The Morgan fingerprint density at radius 3 is 2.49 bits per heavy atom. The molecular formula is C24H23FNO8P. The van der Waals surface area contributed by atoms with Gasteiger partial charge in [0.05, 0.1) is 29.5 Å². The van der Waals surface area contributed by atoms with Crippen LogP contribution >= 0.6 is 7.82 Å². The van der Waals surface area contributed by atoms with E-state index in [9.17, 15) is 18.9 Å². The molecule has 3 aromatic carbocycles. The molecule has 1 unspecified atom stereocenters. The minimum atomic E-state index is -4.73. The van der Waals surface area contributed by atoms with Gasteiger partial charge in [0.25, 0.3) is 0 Å². The fraction of sp³-hybridized carbons (Fsp3) is 0.208. The maximum atomic E-state index is 13.4. The van der Waals surface area contributed by atoms with Crippen molar-refractivity contribution in [2.24, 2.45) is 5.73 Å². The van der Waals surface area contributed by atoms with Crippen LogP contribution in [0.3, 0.4) is 0 Å². The maximum Gasteiger partial charge on any atom is 0.469 e. The van der Waals surface area contributed by atoms with E-state index in [2.05, 4.69) is 4.52 Å². The monoisotopic (exact) mass is 503 g/mol. The summed E-state index contributed by atoms with van der Waals surface area (Å²) in [6.07, 6.45) is 0.462. The molecule has 0 aliphatic carbocycles. The number of ether oxygens (including phenoxy) is 1. The molecule has 0 amide bonds. The third-order valence-electron chi connectivity index (χ3n) is 5.48. The van der Waals surface area contributed by atoms with E-state index in [4.69, 9.17) is 24.7 Å². The standard InChI is InChI=1S/C24H23FNO8P/c25-16-2-1-3-17(11-16)33-18-5-6-19-22(12-18)34-21-7-4-15(10-20(21)23(19)28)8-9-24(26,13-27)14-32-35(29,30)31/h1-7,10-12,27H,8-9,13-14,26H2,(H2,29,30,31). The van der Waals surface area contributed by atoms with Crippen molar-refractivity contribution in [3.63, 3.8) is 0 Å². The fourth-order valence-corrected chi connectivity index (χ4v) is 4.00. The van der Waals surface area contributed by atoms with Gasteiger partial charge < -0.3 is 29.8 Å². The number of aliphatic hydroxyl groups is 1. The van der Waals surface area contributed by atoms with Gasteiger partial charge in [0.2, 0.25) is 5.43 Å². The molecule has 0 radical (unpaired) electrons. The number of aliphatic hydroxyl groups excluding tert-OH is 1. The number of phosphoric acid groups is 1. The molecule has 35 heavy (non-hydrogen) atoms. The quantitative estimate of drug-likeness (QED) is 0.198. The van der Waals surface area contributed by atoms with E-state index in [1.54, 1.807) is 42.5 Å². The average molecular weight is 503 g/mol. The molecule has 0 spiro atoms. The van der Waals surface area contributed by atoms with Crippen molar-refractivity contribution in [3.05, 3.63) is 82.3 Å². The van der Waals surface area contributed by atoms with E-state index in [1.807, 2.05) is 0 Å². The molecule has 1 heterocycles. The number of aryl methyl sites for hydroxylation is 1. The molecule has 0 saturated heterocycles. The third kappa shape index (κ3) is 6.12. The van der Waals surface area contributed by atoms with Crippen molar-refractivity contribution in [1.82, 2.24) is 0 Å². The summed E-state index contributed by atoms with van der Waals surface area (Å²) >= 11 is 0. The van der Waals surface area contributed by atoms with Crippen LogP contribution in [0.15, 0.2) is 69.9 Å². The smallest absolute Gasteiger partial charge is 0.457 e. The van der Waals surface area contributed by atoms with Crippen LogP contribution < -0.4 is 15.9 Å². The summed E-state index contributed by atoms with van der Waals surface area (Å²) in [6.45, 7) is -1.08. The second kappa shape index (κ2) is 9.87. The van der Waals surface area contributed by atoms with Crippen LogP contribution in [-0.4, -0.2) is 33.6 Å². The molecular weight excluding hydrogens is 480 g/mol. The highest BCUT2D eigenvalue weighted by molar-refractivity contribution is 7.46. The number of benzene rings is 3. The number of halogens is 1. The van der Waals surface area contributed by atoms with Gasteiger partial charge >= 0.3 is 7.82 Å². The lowest BCUT2D eigenvalue weighted by atomic mass is 9.93. The summed E-state index contributed by atoms with van der Waals surface area (Å²) in [5.41, 5.74) is 5.76. The van der Waals surface area contributed by atoms with Crippen molar-refractivity contribution in [2.45, 2.75) is 18.4 Å². The van der Waals surface area contributed by atoms with Gasteiger partial charge in [-0.2, -0.15) is 0 Å². The zero-order chi connectivity index (χ0) is 25.2. The Balaban J connectivity index is 1.58. The largest absolute Gasteiger partial charge is 0.469 e. The van der Waals surface area contributed by atoms with Crippen LogP contribution in [0.25, 0.3) is 21.9 Å². The van der Waals surface area contributed by atoms with E-state index in [0.717, 1.165) is 5.56 Å². The topological polar surface area (TPSA) is 152 Å². The number of fused-ring (bicyclic) bond motifs is 2. The Hall–Kier alpha value is -3.11. The predicted octanol–water partition coefficient (Wildman–Crippen LogP) is 3.61. The molecule has 1 atom stereocenters. The lowest BCUT2D eigenvalue weighted by Gasteiger charge is -2.27. The van der Waals surface area contributed by atoms with Gasteiger partial charge in [-0.15, -0.1) is 0 Å². The third-order valence-corrected chi connectivity index (χ3v) is 5.95. The predicted molar refractivity (Wildman–Crippen MR) is 127 cm³/mol. The van der Waals surface area contributed by atoms with Gasteiger partial charge in [0.1, 0.15) is 28.5 Å². The van der Waals surface area contributed by atoms with Gasteiger partial charge in [-0.1, -0.05) is 12.1 Å². The number of hydrogen-bond acceptors (Lipinski definition) is 7. The molecule has 5 N–H and O–H groups in total. The van der Waals surface area contributed by atoms with Crippen LogP contribution in [-0.2, 0) is 15.5 Å². The second-order valence-electron chi connectivity index (χ2n) is 8.26. The Bertz CT molecular complexity index is 1480. The molecule has 0 bridgehead atoms. The molecule has 0 fully saturated rings. The Morgan fingerprint density at radius 2 is 1.77 bits per heavy atom. The zero-order valence-electron chi connectivity index (χ0n) is 18.4. The first-order valence-corrected chi connectivity index (χ1v) is 12.1. The highest BCUT2D eigenvalue weighted by Crippen LogP contribution is 2.37. The summed E-state index contributed by atoms with van der Waals surface area (Å²) in [6, 6.07) is 15.4. The fourth-order valence-electron chi connectivity index (χ4n) is 3.57. The SMILES string of the molecule is NC(CO)(CCc1ccc2oc3cc(Oc4cccc(F)c4)ccc3c(=O)c2c1)COP(=O)(O)O. The van der Waals surface area contributed by atoms with Crippen LogP contribution in [0.2, 0.25) is 0 Å². The van der Waals surface area contributed by atoms with Gasteiger partial charge in [-0.3, -0.25) is 9.32 Å². The first kappa shape index (κ1) is 25.0. The highest BCUT2D eigenvalue weighted by atomic mass is 31.2. The molecule has 0 aliphatic heterocycles. The van der Waals surface area contributed by atoms with Gasteiger partial charge in [0.15, 0.2) is 0 Å². The molecule has 9 nitrogen and oxygen atoms in total. The number of rotatable bonds is 9. The van der Waals surface area contributed by atoms with Gasteiger partial charge in [-0.25, -0.2) is 8.96 Å². The number of hydrogen-bond donors (Lipinski definition) is 4. The lowest BCUT2D eigenvalue weighted by Crippen LogP contribution is -2.48. The molecule has 0 aliphatic rings. The number of phosphoric ester groups is 1. The number of nitrogens with two attached hydrogens (primary N) is 1. The van der Waals surface area contributed by atoms with E-state index in [0.29, 0.717) is 39.9 Å². The lowest BCUT2D eigenvalue weighted by molar-refractivity contribution is 0.102. The summed E-state index contributed by atoms with van der Waals surface area (Å²) in [7, 11) is -4.73. The van der Waals surface area contributed by atoms with Crippen molar-refractivity contribution in [1.29, 1.82) is 0 Å². The van der Waals surface area contributed by atoms with Crippen LogP contribution in [0, 0.1) is 5.82 Å². The van der Waals surface area contributed by atoms with Crippen LogP contribution in [0.1, 0.15) is 12.0 Å². The summed E-state index contributed by atoms with van der Waals surface area (Å²) in [5, 5.41) is 10.2. The molecule has 4 aromatic rings. The zero-order valence-corrected chi connectivity index (χ0v) is 19.3. The molecule has 1 aromatic heterocycles. The van der Waals surface area contributed by atoms with Crippen LogP contribution in [0.4, 0.5) is 4.39 Å². The van der Waals surface area contributed by atoms with E-state index in [1.165, 1.54) is 18.2 Å². The minimum Gasteiger partial charge on any atom is -0.457 e. The van der Waals surface area contributed by atoms with E-state index >= 15 is 0 Å². The van der Waals surface area contributed by atoms with Crippen molar-refractivity contribution < 1.29 is 37.5 Å². The Kier molecular flexibility index (Phi) is 7.05. The maximum absolute atomic E-state index is 13.4. The van der Waals surface area contributed by atoms with Gasteiger partial charge in [-0.05, 0) is 54.8 Å². The average Bonchev–Trinajstić information content (AvgIpc) is 2.81. The van der Waals surface area contributed by atoms with Crippen molar-refractivity contribution in [2.75, 3.05) is 13.2 Å². The van der Waals surface area contributed by atoms with E-state index in [-0.39, 0.29) is 11.8 Å². The van der Waals surface area contributed by atoms with Crippen molar-refractivity contribution >= 4 is 29.8 Å². The first-order chi connectivity index (χ1) is 16.5. The Morgan fingerprint density at radius 1 is 1.00 bits per heavy atom. The van der Waals surface area contributed by atoms with E-state index < -0.39 is 32.4 Å². The minimum absolute atomic E-state index is 0.148. The van der Waals surface area contributed by atoms with Gasteiger partial charge in [0, 0.05) is 12.1 Å². The second-order valence-corrected chi connectivity index (χ2v) is 9.50. The molecule has 4 rings (SSSR count). The van der Waals surface area contributed by atoms with Crippen LogP contribution in [0.5, 0.6) is 11.5 Å². The summed E-state index contributed by atoms with van der Waals surface area (Å²) in [4.78, 5) is 30.9. The molecule has 11 heteroatoms. The van der Waals surface area contributed by atoms with Crippen molar-refractivity contribution in [3.8, 4) is 11.5 Å². The molecule has 0 saturated carbocycles. The molecule has 184 valence electrons. The Labute approximate surface area is 198 Å². The highest BCUT2D eigenvalue weighted by Gasteiger charge is 2.28.